The first-order valence-corrected chi connectivity index (χ1v) is 11.9. The highest BCUT2D eigenvalue weighted by Gasteiger charge is 2.34. The molecule has 0 radical (unpaired) electrons. The Morgan fingerprint density at radius 2 is 0.972 bits per heavy atom. The zero-order chi connectivity index (χ0) is 26.0. The SMILES string of the molecule is CC(C)(C)c1nc2ccccc2n1-c1cc(-n2c(C(C)(C)C)nc3ccccc32)cc(C(F)(F)F)c1. The Hall–Kier alpha value is -3.61. The number of benzene rings is 3. The molecule has 3 aromatic carbocycles. The Balaban J connectivity index is 1.90. The van der Waals surface area contributed by atoms with Gasteiger partial charge in [-0.15, -0.1) is 0 Å². The Morgan fingerprint density at radius 1 is 0.583 bits per heavy atom. The summed E-state index contributed by atoms with van der Waals surface area (Å²) in [6.07, 6.45) is -4.53. The second-order valence-corrected chi connectivity index (χ2v) is 11.3. The molecule has 5 rings (SSSR count). The van der Waals surface area contributed by atoms with Crippen molar-refractivity contribution in [1.82, 2.24) is 19.1 Å². The van der Waals surface area contributed by atoms with Crippen molar-refractivity contribution in [2.75, 3.05) is 0 Å². The highest BCUT2D eigenvalue weighted by atomic mass is 19.4. The molecule has 0 atom stereocenters. The van der Waals surface area contributed by atoms with Gasteiger partial charge in [0.2, 0.25) is 0 Å². The maximum Gasteiger partial charge on any atom is 0.416 e. The molecular weight excluding hydrogens is 461 g/mol. The standard InChI is InChI=1S/C29H29F3N4/c1-27(2,3)25-33-21-11-7-9-13-23(21)35(25)19-15-18(29(30,31)32)16-20(17-19)36-24-14-10-8-12-22(24)34-26(36)28(4,5)6/h7-17H,1-6H3. The number of hydrogen-bond donors (Lipinski definition) is 0. The molecule has 0 fully saturated rings. The second kappa shape index (κ2) is 7.95. The molecular formula is C29H29F3N4. The second-order valence-electron chi connectivity index (χ2n) is 11.3. The van der Waals surface area contributed by atoms with Crippen molar-refractivity contribution in [3.8, 4) is 11.4 Å². The minimum absolute atomic E-state index is 0.397. The highest BCUT2D eigenvalue weighted by molar-refractivity contribution is 5.81. The Bertz CT molecular complexity index is 1480. The molecule has 0 bridgehead atoms. The molecule has 0 saturated carbocycles. The van der Waals surface area contributed by atoms with Crippen LogP contribution in [-0.2, 0) is 17.0 Å². The van der Waals surface area contributed by atoms with Crippen molar-refractivity contribution in [1.29, 1.82) is 0 Å². The molecule has 2 aromatic heterocycles. The summed E-state index contributed by atoms with van der Waals surface area (Å²) >= 11 is 0. The van der Waals surface area contributed by atoms with Crippen molar-refractivity contribution >= 4 is 22.1 Å². The molecule has 186 valence electrons. The van der Waals surface area contributed by atoms with Gasteiger partial charge in [-0.05, 0) is 42.5 Å². The van der Waals surface area contributed by atoms with Crippen molar-refractivity contribution in [3.63, 3.8) is 0 Å². The summed E-state index contributed by atoms with van der Waals surface area (Å²) in [6, 6.07) is 19.3. The van der Waals surface area contributed by atoms with Crippen molar-refractivity contribution in [2.24, 2.45) is 0 Å². The van der Waals surface area contributed by atoms with Crippen LogP contribution in [0.25, 0.3) is 33.4 Å². The van der Waals surface area contributed by atoms with Gasteiger partial charge in [-0.25, -0.2) is 9.97 Å². The van der Waals surface area contributed by atoms with Crippen LogP contribution in [0.1, 0.15) is 58.8 Å². The first-order valence-electron chi connectivity index (χ1n) is 11.9. The number of imidazole rings is 2. The van der Waals surface area contributed by atoms with Gasteiger partial charge in [0.25, 0.3) is 0 Å². The van der Waals surface area contributed by atoms with Crippen LogP contribution in [0.4, 0.5) is 13.2 Å². The largest absolute Gasteiger partial charge is 0.416 e. The molecule has 0 unspecified atom stereocenters. The van der Waals surface area contributed by atoms with E-state index in [0.717, 1.165) is 22.1 Å². The van der Waals surface area contributed by atoms with E-state index in [2.05, 4.69) is 0 Å². The van der Waals surface area contributed by atoms with E-state index in [1.54, 1.807) is 0 Å². The summed E-state index contributed by atoms with van der Waals surface area (Å²) in [7, 11) is 0. The van der Waals surface area contributed by atoms with E-state index in [4.69, 9.17) is 9.97 Å². The smallest absolute Gasteiger partial charge is 0.296 e. The number of hydrogen-bond acceptors (Lipinski definition) is 2. The molecule has 36 heavy (non-hydrogen) atoms. The number of fused-ring (bicyclic) bond motifs is 2. The van der Waals surface area contributed by atoms with Gasteiger partial charge in [0.05, 0.1) is 39.0 Å². The van der Waals surface area contributed by atoms with E-state index in [1.807, 2.05) is 105 Å². The zero-order valence-corrected chi connectivity index (χ0v) is 21.3. The molecule has 0 saturated heterocycles. The third kappa shape index (κ3) is 4.06. The molecule has 5 aromatic rings. The van der Waals surface area contributed by atoms with Gasteiger partial charge in [-0.1, -0.05) is 65.8 Å². The lowest BCUT2D eigenvalue weighted by Gasteiger charge is -2.24. The van der Waals surface area contributed by atoms with E-state index in [0.29, 0.717) is 23.0 Å². The van der Waals surface area contributed by atoms with Gasteiger partial charge in [0, 0.05) is 10.8 Å². The van der Waals surface area contributed by atoms with Gasteiger partial charge >= 0.3 is 6.18 Å². The van der Waals surface area contributed by atoms with E-state index in [-0.39, 0.29) is 0 Å². The minimum Gasteiger partial charge on any atom is -0.296 e. The van der Waals surface area contributed by atoms with Crippen LogP contribution in [-0.4, -0.2) is 19.1 Å². The fourth-order valence-electron chi connectivity index (χ4n) is 4.60. The summed E-state index contributed by atoms with van der Waals surface area (Å²) in [4.78, 5) is 9.63. The van der Waals surface area contributed by atoms with Gasteiger partial charge < -0.3 is 0 Å². The first kappa shape index (κ1) is 24.1. The molecule has 0 amide bonds. The third-order valence-corrected chi connectivity index (χ3v) is 6.21. The van der Waals surface area contributed by atoms with Crippen LogP contribution >= 0.6 is 0 Å². The van der Waals surface area contributed by atoms with Gasteiger partial charge in [0.1, 0.15) is 11.6 Å². The highest BCUT2D eigenvalue weighted by Crippen LogP contribution is 2.38. The van der Waals surface area contributed by atoms with Crippen LogP contribution < -0.4 is 0 Å². The Kier molecular flexibility index (Phi) is 5.32. The summed E-state index contributed by atoms with van der Waals surface area (Å²) in [5.74, 6) is 1.39. The quantitative estimate of drug-likeness (QED) is 0.251. The average Bonchev–Trinajstić information content (AvgIpc) is 3.37. The summed E-state index contributed by atoms with van der Waals surface area (Å²) in [6.45, 7) is 12.1. The molecule has 0 aliphatic heterocycles. The van der Waals surface area contributed by atoms with Crippen molar-refractivity contribution < 1.29 is 13.2 Å². The molecule has 0 aliphatic carbocycles. The number of para-hydroxylation sites is 4. The minimum atomic E-state index is -4.53. The third-order valence-electron chi connectivity index (χ3n) is 6.21. The number of nitrogens with zero attached hydrogens (tertiary/aromatic N) is 4. The van der Waals surface area contributed by atoms with Crippen molar-refractivity contribution in [3.05, 3.63) is 83.9 Å². The fraction of sp³-hybridized carbons (Fsp3) is 0.310. The lowest BCUT2D eigenvalue weighted by molar-refractivity contribution is -0.137. The monoisotopic (exact) mass is 490 g/mol. The molecule has 0 spiro atoms. The number of halogens is 3. The molecule has 4 nitrogen and oxygen atoms in total. The Labute approximate surface area is 208 Å². The van der Waals surface area contributed by atoms with Crippen LogP contribution in [0, 0.1) is 0 Å². The van der Waals surface area contributed by atoms with Gasteiger partial charge in [-0.3, -0.25) is 9.13 Å². The lowest BCUT2D eigenvalue weighted by Crippen LogP contribution is -2.20. The number of aromatic nitrogens is 4. The average molecular weight is 491 g/mol. The topological polar surface area (TPSA) is 35.6 Å². The van der Waals surface area contributed by atoms with E-state index in [1.165, 1.54) is 12.1 Å². The zero-order valence-electron chi connectivity index (χ0n) is 21.3. The predicted molar refractivity (Wildman–Crippen MR) is 138 cm³/mol. The normalized spacial score (nSPS) is 13.1. The predicted octanol–water partition coefficient (Wildman–Crippen LogP) is 7.98. The molecule has 0 aliphatic rings. The molecule has 0 N–H and O–H groups in total. The van der Waals surface area contributed by atoms with E-state index < -0.39 is 22.6 Å². The molecule has 7 heteroatoms. The van der Waals surface area contributed by atoms with Crippen LogP contribution in [0.3, 0.4) is 0 Å². The maximum atomic E-state index is 14.3. The van der Waals surface area contributed by atoms with Crippen LogP contribution in [0.15, 0.2) is 66.7 Å². The molecule has 2 heterocycles. The van der Waals surface area contributed by atoms with Crippen molar-refractivity contribution in [2.45, 2.75) is 58.5 Å². The number of rotatable bonds is 2. The van der Waals surface area contributed by atoms with E-state index in [9.17, 15) is 13.2 Å². The van der Waals surface area contributed by atoms with Crippen LogP contribution in [0.2, 0.25) is 0 Å². The Morgan fingerprint density at radius 3 is 1.33 bits per heavy atom. The maximum absolute atomic E-state index is 14.3. The fourth-order valence-corrected chi connectivity index (χ4v) is 4.60. The summed E-state index contributed by atoms with van der Waals surface area (Å²) < 4.78 is 46.5. The lowest BCUT2D eigenvalue weighted by atomic mass is 9.95. The van der Waals surface area contributed by atoms with Crippen LogP contribution in [0.5, 0.6) is 0 Å². The summed E-state index contributed by atoms with van der Waals surface area (Å²) in [5, 5.41) is 0. The number of alkyl halides is 3. The van der Waals surface area contributed by atoms with Gasteiger partial charge in [-0.2, -0.15) is 13.2 Å². The summed E-state index contributed by atoms with van der Waals surface area (Å²) in [5.41, 5.74) is 2.32. The van der Waals surface area contributed by atoms with Gasteiger partial charge in [0.15, 0.2) is 0 Å². The first-order chi connectivity index (χ1) is 16.7. The van der Waals surface area contributed by atoms with E-state index >= 15 is 0 Å².